The molecule has 2 aromatic rings. The zero-order valence-electron chi connectivity index (χ0n) is 14.0. The minimum Gasteiger partial charge on any atom is -0.406 e. The van der Waals surface area contributed by atoms with Crippen molar-refractivity contribution in [1.29, 1.82) is 0 Å². The maximum atomic E-state index is 12.4. The van der Waals surface area contributed by atoms with Crippen LogP contribution in [0.25, 0.3) is 0 Å². The summed E-state index contributed by atoms with van der Waals surface area (Å²) >= 11 is 6.00. The second-order valence-corrected chi connectivity index (χ2v) is 5.47. The molecule has 0 radical (unpaired) electrons. The molecule has 26 heavy (non-hydrogen) atoms. The topological polar surface area (TPSA) is 67.4 Å². The van der Waals surface area contributed by atoms with E-state index in [0.717, 1.165) is 12.1 Å². The lowest BCUT2D eigenvalue weighted by atomic mass is 10.3. The van der Waals surface area contributed by atoms with Gasteiger partial charge >= 0.3 is 6.36 Å². The molecule has 0 atom stereocenters. The first-order valence-corrected chi connectivity index (χ1v) is 8.06. The Kier molecular flexibility index (Phi) is 6.25. The molecule has 10 heteroatoms. The summed E-state index contributed by atoms with van der Waals surface area (Å²) in [6.07, 6.45) is -3.45. The van der Waals surface area contributed by atoms with Gasteiger partial charge in [-0.25, -0.2) is 9.97 Å². The highest BCUT2D eigenvalue weighted by atomic mass is 35.5. The van der Waals surface area contributed by atoms with Crippen LogP contribution in [0.2, 0.25) is 5.02 Å². The fourth-order valence-corrected chi connectivity index (χ4v) is 2.28. The summed E-state index contributed by atoms with van der Waals surface area (Å²) in [4.78, 5) is 22.5. The standard InChI is InChI=1S/C16H16ClF3N4O2/c1-3-24(4-2)15-21-9-12(17)13(23-15)14(25)22-10-5-7-11(8-6-10)26-16(18,19)20/h5-9H,3-4H2,1-2H3,(H,22,25). The Bertz CT molecular complexity index is 765. The predicted octanol–water partition coefficient (Wildman–Crippen LogP) is 4.13. The van der Waals surface area contributed by atoms with Crippen LogP contribution >= 0.6 is 11.6 Å². The molecule has 1 N–H and O–H groups in total. The van der Waals surface area contributed by atoms with Crippen LogP contribution in [0.1, 0.15) is 24.3 Å². The Morgan fingerprint density at radius 1 is 1.23 bits per heavy atom. The molecule has 0 saturated carbocycles. The molecule has 0 aliphatic rings. The smallest absolute Gasteiger partial charge is 0.406 e. The number of nitrogens with one attached hydrogen (secondary N) is 1. The number of benzene rings is 1. The van der Waals surface area contributed by atoms with Gasteiger partial charge in [-0.15, -0.1) is 13.2 Å². The van der Waals surface area contributed by atoms with Crippen molar-refractivity contribution < 1.29 is 22.7 Å². The van der Waals surface area contributed by atoms with E-state index in [9.17, 15) is 18.0 Å². The van der Waals surface area contributed by atoms with E-state index in [1.165, 1.54) is 18.3 Å². The zero-order valence-corrected chi connectivity index (χ0v) is 14.7. The predicted molar refractivity (Wildman–Crippen MR) is 91.7 cm³/mol. The molecule has 140 valence electrons. The van der Waals surface area contributed by atoms with Crippen LogP contribution in [0.5, 0.6) is 5.75 Å². The van der Waals surface area contributed by atoms with Crippen LogP contribution in [0.3, 0.4) is 0 Å². The molecular formula is C16H16ClF3N4O2. The monoisotopic (exact) mass is 388 g/mol. The third kappa shape index (κ3) is 5.22. The number of aromatic nitrogens is 2. The summed E-state index contributed by atoms with van der Waals surface area (Å²) < 4.78 is 40.2. The Balaban J connectivity index is 2.15. The number of hydrogen-bond donors (Lipinski definition) is 1. The van der Waals surface area contributed by atoms with E-state index in [0.29, 0.717) is 19.0 Å². The molecule has 0 fully saturated rings. The van der Waals surface area contributed by atoms with Gasteiger partial charge in [0.1, 0.15) is 5.75 Å². The molecule has 0 unspecified atom stereocenters. The Labute approximate surface area is 153 Å². The Morgan fingerprint density at radius 2 is 1.85 bits per heavy atom. The molecule has 0 saturated heterocycles. The normalized spacial score (nSPS) is 11.2. The van der Waals surface area contributed by atoms with Crippen molar-refractivity contribution in [3.8, 4) is 5.75 Å². The minimum atomic E-state index is -4.78. The van der Waals surface area contributed by atoms with Crippen LogP contribution in [-0.4, -0.2) is 35.3 Å². The van der Waals surface area contributed by atoms with E-state index < -0.39 is 12.3 Å². The number of alkyl halides is 3. The van der Waals surface area contributed by atoms with E-state index in [-0.39, 0.29) is 22.2 Å². The lowest BCUT2D eigenvalue weighted by Gasteiger charge is -2.19. The minimum absolute atomic E-state index is 0.0285. The van der Waals surface area contributed by atoms with Crippen LogP contribution in [0.15, 0.2) is 30.5 Å². The Hall–Kier alpha value is -2.55. The maximum absolute atomic E-state index is 12.4. The van der Waals surface area contributed by atoms with Gasteiger partial charge in [-0.2, -0.15) is 0 Å². The number of halogens is 4. The number of nitrogens with zero attached hydrogens (tertiary/aromatic N) is 3. The van der Waals surface area contributed by atoms with E-state index in [1.807, 2.05) is 18.7 Å². The van der Waals surface area contributed by atoms with E-state index in [1.54, 1.807) is 0 Å². The first kappa shape index (κ1) is 19.8. The van der Waals surface area contributed by atoms with Crippen molar-refractivity contribution in [3.63, 3.8) is 0 Å². The van der Waals surface area contributed by atoms with E-state index in [2.05, 4.69) is 20.0 Å². The largest absolute Gasteiger partial charge is 0.573 e. The quantitative estimate of drug-likeness (QED) is 0.806. The van der Waals surface area contributed by atoms with Crippen LogP contribution < -0.4 is 15.0 Å². The highest BCUT2D eigenvalue weighted by Crippen LogP contribution is 2.24. The van der Waals surface area contributed by atoms with Gasteiger partial charge in [-0.3, -0.25) is 4.79 Å². The van der Waals surface area contributed by atoms with Crippen molar-refractivity contribution in [1.82, 2.24) is 9.97 Å². The number of carbonyl (C=O) groups excluding carboxylic acids is 1. The maximum Gasteiger partial charge on any atom is 0.573 e. The zero-order chi connectivity index (χ0) is 19.3. The lowest BCUT2D eigenvalue weighted by Crippen LogP contribution is -2.25. The lowest BCUT2D eigenvalue weighted by molar-refractivity contribution is -0.274. The SMILES string of the molecule is CCN(CC)c1ncc(Cl)c(C(=O)Nc2ccc(OC(F)(F)F)cc2)n1. The highest BCUT2D eigenvalue weighted by Gasteiger charge is 2.31. The molecule has 2 rings (SSSR count). The fourth-order valence-electron chi connectivity index (χ4n) is 2.11. The molecule has 6 nitrogen and oxygen atoms in total. The molecule has 1 aromatic carbocycles. The van der Waals surface area contributed by atoms with Gasteiger partial charge in [-0.1, -0.05) is 11.6 Å². The third-order valence-corrected chi connectivity index (χ3v) is 3.62. The second-order valence-electron chi connectivity index (χ2n) is 5.07. The number of anilines is 2. The summed E-state index contributed by atoms with van der Waals surface area (Å²) in [7, 11) is 0. The third-order valence-electron chi connectivity index (χ3n) is 3.34. The number of hydrogen-bond acceptors (Lipinski definition) is 5. The van der Waals surface area contributed by atoms with Crippen molar-refractivity contribution >= 4 is 29.1 Å². The van der Waals surface area contributed by atoms with Gasteiger partial charge in [0.05, 0.1) is 11.2 Å². The van der Waals surface area contributed by atoms with Gasteiger partial charge in [0.25, 0.3) is 5.91 Å². The summed E-state index contributed by atoms with van der Waals surface area (Å²) in [5.74, 6) is -0.631. The van der Waals surface area contributed by atoms with Crippen LogP contribution in [0, 0.1) is 0 Å². The molecular weight excluding hydrogens is 373 g/mol. The van der Waals surface area contributed by atoms with Gasteiger partial charge in [0, 0.05) is 18.8 Å². The number of carbonyl (C=O) groups is 1. The molecule has 0 bridgehead atoms. The first-order chi connectivity index (χ1) is 12.2. The van der Waals surface area contributed by atoms with Crippen LogP contribution in [-0.2, 0) is 0 Å². The summed E-state index contributed by atoms with van der Waals surface area (Å²) in [6, 6.07) is 4.73. The molecule has 1 aromatic heterocycles. The number of ether oxygens (including phenoxy) is 1. The van der Waals surface area contributed by atoms with Crippen molar-refractivity contribution in [2.75, 3.05) is 23.3 Å². The molecule has 0 aliphatic heterocycles. The number of rotatable bonds is 6. The summed E-state index contributed by atoms with van der Waals surface area (Å²) in [5.41, 5.74) is 0.239. The molecule has 1 heterocycles. The van der Waals surface area contributed by atoms with Gasteiger partial charge in [0.2, 0.25) is 5.95 Å². The molecule has 0 aliphatic carbocycles. The Morgan fingerprint density at radius 3 is 2.38 bits per heavy atom. The van der Waals surface area contributed by atoms with Crippen molar-refractivity contribution in [2.45, 2.75) is 20.2 Å². The highest BCUT2D eigenvalue weighted by molar-refractivity contribution is 6.34. The first-order valence-electron chi connectivity index (χ1n) is 7.68. The summed E-state index contributed by atoms with van der Waals surface area (Å²) in [6.45, 7) is 5.15. The van der Waals surface area contributed by atoms with Crippen molar-refractivity contribution in [3.05, 3.63) is 41.2 Å². The average Bonchev–Trinajstić information content (AvgIpc) is 2.57. The van der Waals surface area contributed by atoms with Gasteiger partial charge in [-0.05, 0) is 38.1 Å². The van der Waals surface area contributed by atoms with Crippen LogP contribution in [0.4, 0.5) is 24.8 Å². The van der Waals surface area contributed by atoms with Gasteiger partial charge in [0.15, 0.2) is 5.69 Å². The molecule has 0 spiro atoms. The number of amides is 1. The van der Waals surface area contributed by atoms with Crippen molar-refractivity contribution in [2.24, 2.45) is 0 Å². The second kappa shape index (κ2) is 8.22. The van der Waals surface area contributed by atoms with E-state index >= 15 is 0 Å². The average molecular weight is 389 g/mol. The molecule has 1 amide bonds. The fraction of sp³-hybridized carbons (Fsp3) is 0.312. The van der Waals surface area contributed by atoms with E-state index in [4.69, 9.17) is 11.6 Å². The summed E-state index contributed by atoms with van der Waals surface area (Å²) in [5, 5.41) is 2.59. The van der Waals surface area contributed by atoms with Gasteiger partial charge < -0.3 is 15.0 Å².